The number of hydrogen-bond acceptors (Lipinski definition) is 5. The van der Waals surface area contributed by atoms with Crippen LogP contribution < -0.4 is 11.0 Å². The second kappa shape index (κ2) is 9.21. The Morgan fingerprint density at radius 1 is 1.21 bits per heavy atom. The van der Waals surface area contributed by atoms with Crippen molar-refractivity contribution in [2.24, 2.45) is 0 Å². The van der Waals surface area contributed by atoms with Crippen molar-refractivity contribution >= 4 is 15.9 Å². The van der Waals surface area contributed by atoms with E-state index in [4.69, 9.17) is 0 Å². The quantitative estimate of drug-likeness (QED) is 0.624. The monoisotopic (exact) mass is 413 g/mol. The highest BCUT2D eigenvalue weighted by atomic mass is 32.2. The van der Waals surface area contributed by atoms with E-state index in [0.29, 0.717) is 38.9 Å². The lowest BCUT2D eigenvalue weighted by atomic mass is 10.0. The fourth-order valence-corrected chi connectivity index (χ4v) is 5.77. The summed E-state index contributed by atoms with van der Waals surface area (Å²) < 4.78 is 29.5. The zero-order chi connectivity index (χ0) is 20.1. The molecule has 3 rings (SSSR count). The lowest BCUT2D eigenvalue weighted by Gasteiger charge is -2.33. The van der Waals surface area contributed by atoms with E-state index in [1.165, 1.54) is 8.99 Å². The number of rotatable bonds is 8. The van der Waals surface area contributed by atoms with Gasteiger partial charge >= 0.3 is 5.69 Å². The van der Waals surface area contributed by atoms with Crippen LogP contribution in [-0.4, -0.2) is 57.9 Å². The van der Waals surface area contributed by atoms with Gasteiger partial charge in [0.25, 0.3) is 0 Å². The third-order valence-corrected chi connectivity index (χ3v) is 7.53. The molecule has 0 saturated carbocycles. The maximum atomic E-state index is 12.6. The van der Waals surface area contributed by atoms with Crippen molar-refractivity contribution in [2.45, 2.75) is 77.4 Å². The molecule has 1 atom stereocenters. The Morgan fingerprint density at radius 3 is 2.75 bits per heavy atom. The van der Waals surface area contributed by atoms with E-state index in [1.807, 2.05) is 6.92 Å². The molecule has 1 aromatic rings. The molecular formula is C18H31N5O4S. The molecular weight excluding hydrogens is 382 g/mol. The van der Waals surface area contributed by atoms with Crippen LogP contribution in [0.25, 0.3) is 0 Å². The van der Waals surface area contributed by atoms with E-state index in [-0.39, 0.29) is 17.3 Å². The van der Waals surface area contributed by atoms with Gasteiger partial charge in [0, 0.05) is 32.6 Å². The Labute approximate surface area is 166 Å². The minimum Gasteiger partial charge on any atom is -0.355 e. The minimum absolute atomic E-state index is 0.0741. The molecule has 3 heterocycles. The molecule has 158 valence electrons. The van der Waals surface area contributed by atoms with Crippen LogP contribution in [0.4, 0.5) is 0 Å². The van der Waals surface area contributed by atoms with Gasteiger partial charge in [0.1, 0.15) is 11.9 Å². The van der Waals surface area contributed by atoms with Crippen molar-refractivity contribution in [1.29, 1.82) is 0 Å². The van der Waals surface area contributed by atoms with Crippen molar-refractivity contribution in [1.82, 2.24) is 24.0 Å². The molecule has 1 saturated heterocycles. The predicted octanol–water partition coefficient (Wildman–Crippen LogP) is 0.482. The van der Waals surface area contributed by atoms with Gasteiger partial charge < -0.3 is 5.32 Å². The number of nitrogens with one attached hydrogen (secondary N) is 1. The zero-order valence-corrected chi connectivity index (χ0v) is 17.4. The summed E-state index contributed by atoms with van der Waals surface area (Å²) in [4.78, 5) is 24.9. The number of amides is 1. The average molecular weight is 414 g/mol. The standard InChI is InChI=1S/C18H31N5O4S/c1-2-14-28(26,27)23-13-6-3-8-15(23)17(24)19-10-7-12-22-18(25)21-11-5-4-9-16(21)20-22/h15H,2-14H2,1H3,(H,19,24). The van der Waals surface area contributed by atoms with Gasteiger partial charge in [-0.3, -0.25) is 9.36 Å². The molecule has 2 aliphatic heterocycles. The average Bonchev–Trinajstić information content (AvgIpc) is 3.01. The molecule has 10 heteroatoms. The highest BCUT2D eigenvalue weighted by Crippen LogP contribution is 2.21. The Kier molecular flexibility index (Phi) is 6.92. The van der Waals surface area contributed by atoms with Gasteiger partial charge in [-0.05, 0) is 38.5 Å². The smallest absolute Gasteiger partial charge is 0.345 e. The van der Waals surface area contributed by atoms with E-state index in [2.05, 4.69) is 10.4 Å². The number of piperidine rings is 1. The van der Waals surface area contributed by atoms with E-state index in [9.17, 15) is 18.0 Å². The van der Waals surface area contributed by atoms with Crippen LogP contribution in [0.3, 0.4) is 0 Å². The first-order chi connectivity index (χ1) is 13.4. The first-order valence-corrected chi connectivity index (χ1v) is 12.0. The molecule has 1 fully saturated rings. The third kappa shape index (κ3) is 4.65. The van der Waals surface area contributed by atoms with Crippen molar-refractivity contribution < 1.29 is 13.2 Å². The lowest BCUT2D eigenvalue weighted by molar-refractivity contribution is -0.125. The van der Waals surface area contributed by atoms with Crippen LogP contribution in [0.5, 0.6) is 0 Å². The van der Waals surface area contributed by atoms with Crippen LogP contribution in [0.15, 0.2) is 4.79 Å². The summed E-state index contributed by atoms with van der Waals surface area (Å²) in [7, 11) is -3.39. The molecule has 1 N–H and O–H groups in total. The molecule has 0 aliphatic carbocycles. The van der Waals surface area contributed by atoms with Gasteiger partial charge in [-0.25, -0.2) is 17.9 Å². The summed E-state index contributed by atoms with van der Waals surface area (Å²) in [6, 6.07) is -0.618. The van der Waals surface area contributed by atoms with E-state index < -0.39 is 16.1 Å². The summed E-state index contributed by atoms with van der Waals surface area (Å²) >= 11 is 0. The van der Waals surface area contributed by atoms with E-state index in [1.54, 1.807) is 4.57 Å². The summed E-state index contributed by atoms with van der Waals surface area (Å²) in [5.74, 6) is 0.681. The predicted molar refractivity (Wildman–Crippen MR) is 105 cm³/mol. The Bertz CT molecular complexity index is 845. The number of carbonyl (C=O) groups excluding carboxylic acids is 1. The van der Waals surface area contributed by atoms with Gasteiger partial charge in [0.05, 0.1) is 5.75 Å². The molecule has 28 heavy (non-hydrogen) atoms. The Hall–Kier alpha value is -1.68. The van der Waals surface area contributed by atoms with Crippen molar-refractivity contribution in [3.8, 4) is 0 Å². The van der Waals surface area contributed by atoms with Crippen LogP contribution in [0, 0.1) is 0 Å². The lowest BCUT2D eigenvalue weighted by Crippen LogP contribution is -2.52. The normalized spacial score (nSPS) is 20.7. The number of carbonyl (C=O) groups is 1. The van der Waals surface area contributed by atoms with Crippen LogP contribution in [0.1, 0.15) is 57.7 Å². The molecule has 0 spiro atoms. The van der Waals surface area contributed by atoms with E-state index in [0.717, 1.165) is 44.5 Å². The minimum atomic E-state index is -3.39. The maximum Gasteiger partial charge on any atom is 0.345 e. The second-order valence-electron chi connectivity index (χ2n) is 7.61. The summed E-state index contributed by atoms with van der Waals surface area (Å²) in [5, 5.41) is 7.24. The topological polar surface area (TPSA) is 106 Å². The van der Waals surface area contributed by atoms with Crippen molar-refractivity contribution in [3.05, 3.63) is 16.3 Å². The highest BCUT2D eigenvalue weighted by Gasteiger charge is 2.35. The van der Waals surface area contributed by atoms with Gasteiger partial charge in [0.15, 0.2) is 0 Å². The van der Waals surface area contributed by atoms with Gasteiger partial charge in [0.2, 0.25) is 15.9 Å². The zero-order valence-electron chi connectivity index (χ0n) is 16.6. The molecule has 1 unspecified atom stereocenters. The Balaban J connectivity index is 1.52. The van der Waals surface area contributed by atoms with Gasteiger partial charge in [-0.2, -0.15) is 9.40 Å². The first kappa shape index (κ1) is 21.0. The van der Waals surface area contributed by atoms with Crippen LogP contribution >= 0.6 is 0 Å². The first-order valence-electron chi connectivity index (χ1n) is 10.4. The fourth-order valence-electron chi connectivity index (χ4n) is 4.03. The van der Waals surface area contributed by atoms with E-state index >= 15 is 0 Å². The SMILES string of the molecule is CCCS(=O)(=O)N1CCCCC1C(=O)NCCCn1nc2n(c1=O)CCCC2. The maximum absolute atomic E-state index is 12.6. The number of aromatic nitrogens is 3. The van der Waals surface area contributed by atoms with Crippen molar-refractivity contribution in [2.75, 3.05) is 18.8 Å². The molecule has 1 aromatic heterocycles. The molecule has 1 amide bonds. The summed E-state index contributed by atoms with van der Waals surface area (Å²) in [6.45, 7) is 3.81. The highest BCUT2D eigenvalue weighted by molar-refractivity contribution is 7.89. The molecule has 9 nitrogen and oxygen atoms in total. The number of hydrogen-bond donors (Lipinski definition) is 1. The molecule has 0 aromatic carbocycles. The van der Waals surface area contributed by atoms with Crippen LogP contribution in [-0.2, 0) is 34.3 Å². The summed E-state index contributed by atoms with van der Waals surface area (Å²) in [6.07, 6.45) is 6.23. The second-order valence-corrected chi connectivity index (χ2v) is 9.65. The number of fused-ring (bicyclic) bond motifs is 1. The van der Waals surface area contributed by atoms with Gasteiger partial charge in [-0.15, -0.1) is 0 Å². The molecule has 0 bridgehead atoms. The molecule has 2 aliphatic rings. The number of sulfonamides is 1. The van der Waals surface area contributed by atoms with Crippen molar-refractivity contribution in [3.63, 3.8) is 0 Å². The fraction of sp³-hybridized carbons (Fsp3) is 0.833. The van der Waals surface area contributed by atoms with Crippen LogP contribution in [0.2, 0.25) is 0 Å². The summed E-state index contributed by atoms with van der Waals surface area (Å²) in [5.41, 5.74) is -0.0786. The number of nitrogens with zero attached hydrogens (tertiary/aromatic N) is 4. The van der Waals surface area contributed by atoms with Gasteiger partial charge in [-0.1, -0.05) is 13.3 Å². The number of aryl methyl sites for hydroxylation is 2. The Morgan fingerprint density at radius 2 is 2.00 bits per heavy atom. The third-order valence-electron chi connectivity index (χ3n) is 5.45. The molecule has 0 radical (unpaired) electrons. The largest absolute Gasteiger partial charge is 0.355 e.